The average Bonchev–Trinajstić information content (AvgIpc) is 2.70. The molecule has 23 heavy (non-hydrogen) atoms. The molecule has 1 heterocycles. The SMILES string of the molecule is [B][C@@H]1O[C@H](COC)[C@H](OP(=O)(O)OC)C1OCSSC(C)(C)C. The van der Waals surface area contributed by atoms with Gasteiger partial charge in [-0.1, -0.05) is 42.4 Å². The van der Waals surface area contributed by atoms with Crippen LogP contribution in [0.4, 0.5) is 0 Å². The van der Waals surface area contributed by atoms with Gasteiger partial charge >= 0.3 is 7.82 Å². The standard InChI is InChI=1S/C12H24BO7PS2/c1-12(2,3)23-22-7-18-10-9(20-21(14,15)17-5)8(6-16-4)19-11(10)13/h8-11H,6-7H2,1-5H3,(H,14,15)/t8-,9+,10?,11-/m1/s1. The van der Waals surface area contributed by atoms with Crippen molar-refractivity contribution in [1.82, 2.24) is 0 Å². The highest BCUT2D eigenvalue weighted by Crippen LogP contribution is 2.47. The predicted octanol–water partition coefficient (Wildman–Crippen LogP) is 2.18. The predicted molar refractivity (Wildman–Crippen MR) is 92.7 cm³/mol. The molecule has 0 aromatic carbocycles. The van der Waals surface area contributed by atoms with E-state index in [4.69, 9.17) is 26.6 Å². The molecule has 0 amide bonds. The lowest BCUT2D eigenvalue weighted by Crippen LogP contribution is -2.38. The summed E-state index contributed by atoms with van der Waals surface area (Å²) in [6.07, 6.45) is -2.17. The van der Waals surface area contributed by atoms with E-state index in [0.717, 1.165) is 7.11 Å². The molecule has 134 valence electrons. The Kier molecular flexibility index (Phi) is 8.96. The molecule has 0 aromatic rings. The molecule has 0 saturated carbocycles. The Balaban J connectivity index is 2.66. The highest BCUT2D eigenvalue weighted by Gasteiger charge is 2.47. The Labute approximate surface area is 146 Å². The van der Waals surface area contributed by atoms with Gasteiger partial charge in [0.15, 0.2) is 0 Å². The van der Waals surface area contributed by atoms with Crippen molar-refractivity contribution in [1.29, 1.82) is 0 Å². The van der Waals surface area contributed by atoms with E-state index in [1.165, 1.54) is 17.9 Å². The highest BCUT2D eigenvalue weighted by atomic mass is 33.1. The second-order valence-corrected chi connectivity index (χ2v) is 10.5. The Morgan fingerprint density at radius 3 is 2.48 bits per heavy atom. The lowest BCUT2D eigenvalue weighted by Gasteiger charge is -2.25. The van der Waals surface area contributed by atoms with E-state index in [2.05, 4.69) is 25.3 Å². The van der Waals surface area contributed by atoms with Gasteiger partial charge in [0.05, 0.1) is 6.61 Å². The maximum absolute atomic E-state index is 11.7. The molecule has 1 aliphatic heterocycles. The van der Waals surface area contributed by atoms with Gasteiger partial charge in [-0.25, -0.2) is 4.57 Å². The summed E-state index contributed by atoms with van der Waals surface area (Å²) in [6, 6.07) is -0.780. The Bertz CT molecular complexity index is 409. The average molecular weight is 386 g/mol. The van der Waals surface area contributed by atoms with Crippen molar-refractivity contribution in [2.24, 2.45) is 0 Å². The van der Waals surface area contributed by atoms with Crippen molar-refractivity contribution in [3.63, 3.8) is 0 Å². The summed E-state index contributed by atoms with van der Waals surface area (Å²) >= 11 is 0. The van der Waals surface area contributed by atoms with E-state index in [1.807, 2.05) is 0 Å². The van der Waals surface area contributed by atoms with Gasteiger partial charge in [0, 0.05) is 25.0 Å². The Hall–Kier alpha value is 0.755. The van der Waals surface area contributed by atoms with E-state index in [9.17, 15) is 9.46 Å². The second-order valence-electron chi connectivity index (χ2n) is 5.88. The van der Waals surface area contributed by atoms with Gasteiger partial charge in [0.2, 0.25) is 0 Å². The van der Waals surface area contributed by atoms with Crippen molar-refractivity contribution >= 4 is 37.3 Å². The lowest BCUT2D eigenvalue weighted by atomic mass is 9.93. The quantitative estimate of drug-likeness (QED) is 0.211. The Morgan fingerprint density at radius 2 is 1.96 bits per heavy atom. The smallest absolute Gasteiger partial charge is 0.382 e. The lowest BCUT2D eigenvalue weighted by molar-refractivity contribution is -0.0270. The third-order valence-electron chi connectivity index (χ3n) is 2.78. The fourth-order valence-electron chi connectivity index (χ4n) is 1.88. The maximum Gasteiger partial charge on any atom is 0.472 e. The summed E-state index contributed by atoms with van der Waals surface area (Å²) in [7, 11) is 7.48. The van der Waals surface area contributed by atoms with Crippen LogP contribution in [-0.4, -0.2) is 68.6 Å². The number of phosphoric ester groups is 1. The third kappa shape index (κ3) is 7.67. The van der Waals surface area contributed by atoms with E-state index < -0.39 is 32.1 Å². The van der Waals surface area contributed by atoms with E-state index in [-0.39, 0.29) is 11.4 Å². The minimum atomic E-state index is -4.20. The van der Waals surface area contributed by atoms with Gasteiger partial charge < -0.3 is 19.1 Å². The molecule has 0 bridgehead atoms. The summed E-state index contributed by atoms with van der Waals surface area (Å²) in [6.45, 7) is 6.44. The molecule has 1 N–H and O–H groups in total. The van der Waals surface area contributed by atoms with Crippen LogP contribution < -0.4 is 0 Å². The molecule has 1 rings (SSSR count). The topological polar surface area (TPSA) is 83.5 Å². The summed E-state index contributed by atoms with van der Waals surface area (Å²) in [5.41, 5.74) is 0. The first-order valence-corrected chi connectivity index (χ1v) is 10.8. The molecule has 0 aromatic heterocycles. The summed E-state index contributed by atoms with van der Waals surface area (Å²) in [5, 5.41) is 0. The highest BCUT2D eigenvalue weighted by molar-refractivity contribution is 8.77. The van der Waals surface area contributed by atoms with Gasteiger partial charge in [-0.2, -0.15) is 0 Å². The fourth-order valence-corrected chi connectivity index (χ4v) is 4.51. The summed E-state index contributed by atoms with van der Waals surface area (Å²) < 4.78 is 37.7. The number of ether oxygens (including phenoxy) is 3. The monoisotopic (exact) mass is 386 g/mol. The number of methoxy groups -OCH3 is 1. The molecule has 1 aliphatic rings. The van der Waals surface area contributed by atoms with Crippen molar-refractivity contribution < 1.29 is 32.7 Å². The molecule has 0 aliphatic carbocycles. The number of hydrogen-bond acceptors (Lipinski definition) is 8. The molecule has 7 nitrogen and oxygen atoms in total. The van der Waals surface area contributed by atoms with Gasteiger partial charge in [-0.15, -0.1) is 0 Å². The summed E-state index contributed by atoms with van der Waals surface area (Å²) in [4.78, 5) is 9.56. The van der Waals surface area contributed by atoms with Crippen LogP contribution in [0.3, 0.4) is 0 Å². The zero-order valence-electron chi connectivity index (χ0n) is 14.0. The molecule has 2 radical (unpaired) electrons. The van der Waals surface area contributed by atoms with Crippen LogP contribution >= 0.6 is 29.4 Å². The van der Waals surface area contributed by atoms with Gasteiger partial charge in [-0.05, 0) is 0 Å². The molecule has 1 fully saturated rings. The first kappa shape index (κ1) is 21.8. The van der Waals surface area contributed by atoms with Gasteiger partial charge in [-0.3, -0.25) is 9.05 Å². The normalized spacial score (nSPS) is 31.2. The molecule has 0 spiro atoms. The van der Waals surface area contributed by atoms with Crippen LogP contribution in [0.2, 0.25) is 0 Å². The number of hydrogen-bond donors (Lipinski definition) is 1. The van der Waals surface area contributed by atoms with Gasteiger partial charge in [0.1, 0.15) is 32.1 Å². The van der Waals surface area contributed by atoms with Crippen LogP contribution in [0.1, 0.15) is 20.8 Å². The van der Waals surface area contributed by atoms with Crippen LogP contribution in [0.5, 0.6) is 0 Å². The second kappa shape index (κ2) is 9.45. The third-order valence-corrected chi connectivity index (χ3v) is 6.74. The first-order chi connectivity index (χ1) is 10.6. The van der Waals surface area contributed by atoms with Crippen LogP contribution in [0.25, 0.3) is 0 Å². The molecular weight excluding hydrogens is 362 g/mol. The molecule has 5 atom stereocenters. The minimum absolute atomic E-state index is 0.0909. The molecule has 2 unspecified atom stereocenters. The number of rotatable bonds is 9. The summed E-state index contributed by atoms with van der Waals surface area (Å²) in [5.74, 6) is 0.339. The Morgan fingerprint density at radius 1 is 1.30 bits per heavy atom. The zero-order chi connectivity index (χ0) is 17.7. The first-order valence-electron chi connectivity index (χ1n) is 6.99. The maximum atomic E-state index is 11.7. The van der Waals surface area contributed by atoms with Crippen LogP contribution in [0, 0.1) is 0 Å². The van der Waals surface area contributed by atoms with E-state index >= 15 is 0 Å². The van der Waals surface area contributed by atoms with Crippen molar-refractivity contribution in [3.05, 3.63) is 0 Å². The molecule has 11 heteroatoms. The zero-order valence-corrected chi connectivity index (χ0v) is 16.5. The van der Waals surface area contributed by atoms with Gasteiger partial charge in [0.25, 0.3) is 0 Å². The van der Waals surface area contributed by atoms with Crippen molar-refractivity contribution in [3.8, 4) is 0 Å². The van der Waals surface area contributed by atoms with Crippen LogP contribution in [0.15, 0.2) is 0 Å². The van der Waals surface area contributed by atoms with E-state index in [1.54, 1.807) is 10.8 Å². The number of phosphoric acid groups is 1. The largest absolute Gasteiger partial charge is 0.472 e. The fraction of sp³-hybridized carbons (Fsp3) is 1.00. The van der Waals surface area contributed by atoms with Crippen LogP contribution in [-0.2, 0) is 27.8 Å². The minimum Gasteiger partial charge on any atom is -0.382 e. The van der Waals surface area contributed by atoms with Crippen molar-refractivity contribution in [2.75, 3.05) is 26.8 Å². The molecular formula is C12H24BO7PS2. The van der Waals surface area contributed by atoms with Crippen molar-refractivity contribution in [2.45, 2.75) is 49.8 Å². The van der Waals surface area contributed by atoms with E-state index in [0.29, 0.717) is 5.94 Å². The molecule has 1 saturated heterocycles.